The van der Waals surface area contributed by atoms with Gasteiger partial charge in [-0.15, -0.1) is 0 Å². The maximum absolute atomic E-state index is 12.7. The predicted octanol–water partition coefficient (Wildman–Crippen LogP) is 5.13. The fourth-order valence-electron chi connectivity index (χ4n) is 2.54. The number of sulfonamides is 1. The number of aryl methyl sites for hydroxylation is 1. The van der Waals surface area contributed by atoms with Gasteiger partial charge in [-0.3, -0.25) is 4.72 Å². The van der Waals surface area contributed by atoms with Gasteiger partial charge in [0.15, 0.2) is 0 Å². The van der Waals surface area contributed by atoms with Gasteiger partial charge in [-0.05, 0) is 47.6 Å². The van der Waals surface area contributed by atoms with Gasteiger partial charge in [0.1, 0.15) is 0 Å². The van der Waals surface area contributed by atoms with Crippen molar-refractivity contribution in [2.75, 3.05) is 4.72 Å². The average molecular weight is 346 g/mol. The summed E-state index contributed by atoms with van der Waals surface area (Å²) in [7, 11) is -3.57. The van der Waals surface area contributed by atoms with Gasteiger partial charge in [-0.1, -0.05) is 64.4 Å². The highest BCUT2D eigenvalue weighted by Gasteiger charge is 2.18. The molecule has 0 radical (unpaired) electrons. The second-order valence-electron chi connectivity index (χ2n) is 7.14. The molecule has 0 fully saturated rings. The normalized spacial score (nSPS) is 12.2. The molecule has 2 rings (SSSR count). The van der Waals surface area contributed by atoms with Crippen molar-refractivity contribution in [1.82, 2.24) is 0 Å². The zero-order chi connectivity index (χ0) is 17.8. The monoisotopic (exact) mass is 345 g/mol. The van der Waals surface area contributed by atoms with Crippen LogP contribution in [0.3, 0.4) is 0 Å². The van der Waals surface area contributed by atoms with Gasteiger partial charge in [-0.2, -0.15) is 0 Å². The number of para-hydroxylation sites is 1. The second-order valence-corrected chi connectivity index (χ2v) is 8.82. The predicted molar refractivity (Wildman–Crippen MR) is 101 cm³/mol. The molecule has 0 amide bonds. The molecule has 2 aromatic carbocycles. The first-order valence-corrected chi connectivity index (χ1v) is 9.93. The zero-order valence-electron chi connectivity index (χ0n) is 15.0. The number of hydrogen-bond donors (Lipinski definition) is 1. The van der Waals surface area contributed by atoms with Gasteiger partial charge in [0.2, 0.25) is 0 Å². The maximum atomic E-state index is 12.7. The Bertz CT molecular complexity index is 772. The van der Waals surface area contributed by atoms with Crippen LogP contribution in [0.2, 0.25) is 0 Å². The van der Waals surface area contributed by atoms with Gasteiger partial charge < -0.3 is 0 Å². The molecule has 0 unspecified atom stereocenters. The van der Waals surface area contributed by atoms with Crippen LogP contribution in [0.25, 0.3) is 0 Å². The molecule has 0 spiro atoms. The van der Waals surface area contributed by atoms with Crippen LogP contribution in [-0.2, 0) is 21.9 Å². The van der Waals surface area contributed by atoms with Crippen molar-refractivity contribution in [2.45, 2.75) is 57.3 Å². The van der Waals surface area contributed by atoms with Crippen molar-refractivity contribution in [3.05, 3.63) is 59.7 Å². The van der Waals surface area contributed by atoms with Crippen LogP contribution in [-0.4, -0.2) is 8.42 Å². The lowest BCUT2D eigenvalue weighted by Gasteiger charge is -2.19. The quantitative estimate of drug-likeness (QED) is 0.789. The molecule has 2 aromatic rings. The van der Waals surface area contributed by atoms with Crippen LogP contribution in [0.15, 0.2) is 53.4 Å². The summed E-state index contributed by atoms with van der Waals surface area (Å²) in [6, 6.07) is 14.7. The standard InChI is InChI=1S/C20H27NO2S/c1-5-6-9-16-10-7-8-11-19(16)21-24(22,23)18-14-12-17(13-15-18)20(2,3)4/h7-8,10-15,21H,5-6,9H2,1-4H3. The fourth-order valence-corrected chi connectivity index (χ4v) is 3.64. The van der Waals surface area contributed by atoms with Gasteiger partial charge in [-0.25, -0.2) is 8.42 Å². The number of unbranched alkanes of at least 4 members (excludes halogenated alkanes) is 1. The summed E-state index contributed by atoms with van der Waals surface area (Å²) in [5, 5.41) is 0. The SMILES string of the molecule is CCCCc1ccccc1NS(=O)(=O)c1ccc(C(C)(C)C)cc1. The highest BCUT2D eigenvalue weighted by Crippen LogP contribution is 2.25. The lowest BCUT2D eigenvalue weighted by molar-refractivity contribution is 0.587. The van der Waals surface area contributed by atoms with E-state index in [1.807, 2.05) is 36.4 Å². The molecule has 1 N–H and O–H groups in total. The second kappa shape index (κ2) is 7.39. The Labute approximate surface area is 146 Å². The van der Waals surface area contributed by atoms with E-state index >= 15 is 0 Å². The lowest BCUT2D eigenvalue weighted by Crippen LogP contribution is -2.15. The molecule has 24 heavy (non-hydrogen) atoms. The van der Waals surface area contributed by atoms with Crippen LogP contribution < -0.4 is 4.72 Å². The Balaban J connectivity index is 2.26. The third-order valence-corrected chi connectivity index (χ3v) is 5.47. The number of anilines is 1. The molecule has 0 heterocycles. The van der Waals surface area contributed by atoms with Crippen LogP contribution in [0.4, 0.5) is 5.69 Å². The summed E-state index contributed by atoms with van der Waals surface area (Å²) < 4.78 is 28.1. The third-order valence-electron chi connectivity index (χ3n) is 4.09. The summed E-state index contributed by atoms with van der Waals surface area (Å²) in [6.45, 7) is 8.46. The number of rotatable bonds is 6. The first kappa shape index (κ1) is 18.5. The minimum atomic E-state index is -3.57. The molecule has 0 aromatic heterocycles. The summed E-state index contributed by atoms with van der Waals surface area (Å²) in [5.74, 6) is 0. The lowest BCUT2D eigenvalue weighted by atomic mass is 9.87. The Morgan fingerprint density at radius 2 is 1.58 bits per heavy atom. The summed E-state index contributed by atoms with van der Waals surface area (Å²) in [5.41, 5.74) is 2.83. The van der Waals surface area contributed by atoms with E-state index in [2.05, 4.69) is 32.4 Å². The maximum Gasteiger partial charge on any atom is 0.261 e. The van der Waals surface area contributed by atoms with Gasteiger partial charge >= 0.3 is 0 Å². The van der Waals surface area contributed by atoms with Gasteiger partial charge in [0.25, 0.3) is 10.0 Å². The van der Waals surface area contributed by atoms with E-state index in [1.165, 1.54) is 0 Å². The molecule has 0 aliphatic rings. The molecule has 0 aliphatic heterocycles. The molecule has 3 nitrogen and oxygen atoms in total. The van der Waals surface area contributed by atoms with Gasteiger partial charge in [0.05, 0.1) is 10.6 Å². The smallest absolute Gasteiger partial charge is 0.261 e. The van der Waals surface area contributed by atoms with Crippen molar-refractivity contribution in [2.24, 2.45) is 0 Å². The van der Waals surface area contributed by atoms with Crippen LogP contribution in [0.5, 0.6) is 0 Å². The third kappa shape index (κ3) is 4.60. The van der Waals surface area contributed by atoms with E-state index in [-0.39, 0.29) is 5.41 Å². The van der Waals surface area contributed by atoms with Gasteiger partial charge in [0, 0.05) is 0 Å². The highest BCUT2D eigenvalue weighted by atomic mass is 32.2. The zero-order valence-corrected chi connectivity index (χ0v) is 15.8. The minimum absolute atomic E-state index is 0.00245. The highest BCUT2D eigenvalue weighted by molar-refractivity contribution is 7.92. The van der Waals surface area contributed by atoms with E-state index in [0.717, 1.165) is 30.4 Å². The van der Waals surface area contributed by atoms with Crippen molar-refractivity contribution in [1.29, 1.82) is 0 Å². The Kier molecular flexibility index (Phi) is 5.70. The molecule has 4 heteroatoms. The Morgan fingerprint density at radius 3 is 2.17 bits per heavy atom. The average Bonchev–Trinajstić information content (AvgIpc) is 2.53. The molecule has 0 aliphatic carbocycles. The van der Waals surface area contributed by atoms with Crippen LogP contribution in [0, 0.1) is 0 Å². The number of hydrogen-bond acceptors (Lipinski definition) is 2. The number of nitrogens with one attached hydrogen (secondary N) is 1. The van der Waals surface area contributed by atoms with Crippen LogP contribution >= 0.6 is 0 Å². The molecular formula is C20H27NO2S. The van der Waals surface area contributed by atoms with E-state index in [9.17, 15) is 8.42 Å². The molecule has 130 valence electrons. The molecule has 0 bridgehead atoms. The van der Waals surface area contributed by atoms with E-state index in [4.69, 9.17) is 0 Å². The molecule has 0 saturated carbocycles. The Hall–Kier alpha value is -1.81. The molecule has 0 saturated heterocycles. The first-order valence-electron chi connectivity index (χ1n) is 8.45. The fraction of sp³-hybridized carbons (Fsp3) is 0.400. The van der Waals surface area contributed by atoms with Crippen molar-refractivity contribution in [3.63, 3.8) is 0 Å². The van der Waals surface area contributed by atoms with Crippen LogP contribution in [0.1, 0.15) is 51.7 Å². The summed E-state index contributed by atoms with van der Waals surface area (Å²) >= 11 is 0. The van der Waals surface area contributed by atoms with E-state index < -0.39 is 10.0 Å². The van der Waals surface area contributed by atoms with E-state index in [0.29, 0.717) is 10.6 Å². The topological polar surface area (TPSA) is 46.2 Å². The van der Waals surface area contributed by atoms with Crippen molar-refractivity contribution >= 4 is 15.7 Å². The Morgan fingerprint density at radius 1 is 0.958 bits per heavy atom. The first-order chi connectivity index (χ1) is 11.2. The summed E-state index contributed by atoms with van der Waals surface area (Å²) in [4.78, 5) is 0.292. The summed E-state index contributed by atoms with van der Waals surface area (Å²) in [6.07, 6.45) is 2.99. The largest absolute Gasteiger partial charge is 0.279 e. The van der Waals surface area contributed by atoms with Crippen molar-refractivity contribution in [3.8, 4) is 0 Å². The number of benzene rings is 2. The molecular weight excluding hydrogens is 318 g/mol. The molecule has 0 atom stereocenters. The van der Waals surface area contributed by atoms with Crippen molar-refractivity contribution < 1.29 is 8.42 Å². The van der Waals surface area contributed by atoms with E-state index in [1.54, 1.807) is 12.1 Å². The minimum Gasteiger partial charge on any atom is -0.279 e.